The summed E-state index contributed by atoms with van der Waals surface area (Å²) in [7, 11) is 0. The second kappa shape index (κ2) is 5.88. The number of aryl methyl sites for hydroxylation is 2. The topological polar surface area (TPSA) is 60.2 Å². The summed E-state index contributed by atoms with van der Waals surface area (Å²) >= 11 is 1.66. The van der Waals surface area contributed by atoms with Crippen molar-refractivity contribution in [1.82, 2.24) is 10.1 Å². The fourth-order valence-electron chi connectivity index (χ4n) is 2.99. The Bertz CT molecular complexity index is 907. The fourth-order valence-corrected chi connectivity index (χ4v) is 3.80. The first-order valence-corrected chi connectivity index (χ1v) is 9.23. The molecule has 1 N–H and O–H groups in total. The molecule has 0 atom stereocenters. The van der Waals surface area contributed by atoms with Gasteiger partial charge in [-0.05, 0) is 45.9 Å². The predicted molar refractivity (Wildman–Crippen MR) is 99.5 cm³/mol. The Labute approximate surface area is 151 Å². The van der Waals surface area contributed by atoms with Crippen LogP contribution in [0.2, 0.25) is 0 Å². The molecule has 0 spiro atoms. The molecular weight excluding hydrogens is 334 g/mol. The van der Waals surface area contributed by atoms with Crippen LogP contribution >= 0.6 is 11.3 Å². The quantitative estimate of drug-likeness (QED) is 0.745. The van der Waals surface area contributed by atoms with E-state index in [0.29, 0.717) is 0 Å². The molecule has 1 aromatic carbocycles. The number of nitrogens with one attached hydrogen (secondary N) is 1. The number of anilines is 1. The van der Waals surface area contributed by atoms with Crippen LogP contribution in [0.5, 0.6) is 5.75 Å². The third-order valence-corrected chi connectivity index (χ3v) is 5.28. The lowest BCUT2D eigenvalue weighted by molar-refractivity contribution is 0.116. The first-order valence-electron chi connectivity index (χ1n) is 8.35. The van der Waals surface area contributed by atoms with Crippen molar-refractivity contribution in [2.45, 2.75) is 39.7 Å². The number of aromatic nitrogens is 2. The molecule has 0 aliphatic carbocycles. The van der Waals surface area contributed by atoms with Crippen molar-refractivity contribution in [3.8, 4) is 17.0 Å². The lowest BCUT2D eigenvalue weighted by Gasteiger charge is -2.33. The summed E-state index contributed by atoms with van der Waals surface area (Å²) in [5.74, 6) is 1.76. The van der Waals surface area contributed by atoms with Crippen molar-refractivity contribution in [1.29, 1.82) is 0 Å². The molecule has 1 aliphatic heterocycles. The van der Waals surface area contributed by atoms with Gasteiger partial charge in [-0.25, -0.2) is 4.98 Å². The zero-order chi connectivity index (χ0) is 17.6. The maximum Gasteiger partial charge on any atom is 0.143 e. The molecule has 4 rings (SSSR count). The molecule has 130 valence electrons. The van der Waals surface area contributed by atoms with E-state index in [0.717, 1.165) is 57.7 Å². The Morgan fingerprint density at radius 3 is 2.88 bits per heavy atom. The molecule has 0 saturated heterocycles. The van der Waals surface area contributed by atoms with Gasteiger partial charge in [0, 0.05) is 22.9 Å². The SMILES string of the molecule is Cc1noc(C)c1Cc1nc(-c2ccc3c(c2)NCC(C)(C)O3)cs1. The molecule has 0 saturated carbocycles. The first-order chi connectivity index (χ1) is 11.9. The largest absolute Gasteiger partial charge is 0.484 e. The molecule has 3 aromatic rings. The number of hydrogen-bond acceptors (Lipinski definition) is 6. The molecule has 0 radical (unpaired) electrons. The van der Waals surface area contributed by atoms with Gasteiger partial charge in [0.15, 0.2) is 0 Å². The summed E-state index contributed by atoms with van der Waals surface area (Å²) in [6.07, 6.45) is 0.756. The van der Waals surface area contributed by atoms with E-state index >= 15 is 0 Å². The van der Waals surface area contributed by atoms with Crippen molar-refractivity contribution in [2.24, 2.45) is 0 Å². The Morgan fingerprint density at radius 1 is 1.28 bits per heavy atom. The van der Waals surface area contributed by atoms with Gasteiger partial charge in [0.1, 0.15) is 17.1 Å². The molecule has 0 bridgehead atoms. The molecule has 0 unspecified atom stereocenters. The second-order valence-corrected chi connectivity index (χ2v) is 7.97. The molecule has 6 heteroatoms. The van der Waals surface area contributed by atoms with Gasteiger partial charge in [0.25, 0.3) is 0 Å². The van der Waals surface area contributed by atoms with E-state index in [1.165, 1.54) is 0 Å². The zero-order valence-corrected chi connectivity index (χ0v) is 15.7. The minimum atomic E-state index is -0.184. The Kier molecular flexibility index (Phi) is 3.80. The van der Waals surface area contributed by atoms with Crippen molar-refractivity contribution >= 4 is 17.0 Å². The van der Waals surface area contributed by atoms with E-state index in [1.807, 2.05) is 19.9 Å². The van der Waals surface area contributed by atoms with Gasteiger partial charge >= 0.3 is 0 Å². The number of hydrogen-bond donors (Lipinski definition) is 1. The number of nitrogens with zero attached hydrogens (tertiary/aromatic N) is 2. The van der Waals surface area contributed by atoms with Gasteiger partial charge in [-0.15, -0.1) is 11.3 Å². The highest BCUT2D eigenvalue weighted by molar-refractivity contribution is 7.10. The number of benzene rings is 1. The Morgan fingerprint density at radius 2 is 2.12 bits per heavy atom. The minimum Gasteiger partial charge on any atom is -0.484 e. The van der Waals surface area contributed by atoms with Gasteiger partial charge in [0.05, 0.1) is 28.6 Å². The van der Waals surface area contributed by atoms with E-state index in [1.54, 1.807) is 11.3 Å². The lowest BCUT2D eigenvalue weighted by Crippen LogP contribution is -2.39. The van der Waals surface area contributed by atoms with Gasteiger partial charge in [-0.2, -0.15) is 0 Å². The zero-order valence-electron chi connectivity index (χ0n) is 14.8. The van der Waals surface area contributed by atoms with E-state index in [9.17, 15) is 0 Å². The van der Waals surface area contributed by atoms with Gasteiger partial charge in [0.2, 0.25) is 0 Å². The molecule has 3 heterocycles. The van der Waals surface area contributed by atoms with Crippen LogP contribution in [0.25, 0.3) is 11.3 Å². The van der Waals surface area contributed by atoms with Gasteiger partial charge in [-0.1, -0.05) is 5.16 Å². The highest BCUT2D eigenvalue weighted by Gasteiger charge is 2.26. The summed E-state index contributed by atoms with van der Waals surface area (Å²) in [6, 6.07) is 6.20. The van der Waals surface area contributed by atoms with Crippen LogP contribution in [-0.4, -0.2) is 22.3 Å². The number of fused-ring (bicyclic) bond motifs is 1. The number of ether oxygens (including phenoxy) is 1. The smallest absolute Gasteiger partial charge is 0.143 e. The monoisotopic (exact) mass is 355 g/mol. The molecule has 0 amide bonds. The van der Waals surface area contributed by atoms with Crippen LogP contribution in [0.1, 0.15) is 35.9 Å². The maximum atomic E-state index is 6.01. The average molecular weight is 355 g/mol. The van der Waals surface area contributed by atoms with E-state index in [4.69, 9.17) is 14.2 Å². The third kappa shape index (κ3) is 3.14. The standard InChI is InChI=1S/C19H21N3O2S/c1-11-14(12(2)24-22-11)8-18-21-16(9-25-18)13-5-6-17-15(7-13)20-10-19(3,4)23-17/h5-7,9,20H,8,10H2,1-4H3. The van der Waals surface area contributed by atoms with Gasteiger partial charge in [-0.3, -0.25) is 0 Å². The van der Waals surface area contributed by atoms with E-state index in [2.05, 4.69) is 41.8 Å². The Balaban J connectivity index is 1.58. The summed E-state index contributed by atoms with van der Waals surface area (Å²) in [6.45, 7) is 8.87. The van der Waals surface area contributed by atoms with Gasteiger partial charge < -0.3 is 14.6 Å². The molecule has 2 aromatic heterocycles. The van der Waals surface area contributed by atoms with Crippen LogP contribution in [0.3, 0.4) is 0 Å². The van der Waals surface area contributed by atoms with Crippen molar-refractivity contribution in [3.63, 3.8) is 0 Å². The van der Waals surface area contributed by atoms with Crippen molar-refractivity contribution < 1.29 is 9.26 Å². The summed E-state index contributed by atoms with van der Waals surface area (Å²) < 4.78 is 11.3. The molecule has 1 aliphatic rings. The predicted octanol–water partition coefficient (Wildman–Crippen LogP) is 4.59. The highest BCUT2D eigenvalue weighted by atomic mass is 32.1. The van der Waals surface area contributed by atoms with Crippen LogP contribution in [-0.2, 0) is 6.42 Å². The molecule has 5 nitrogen and oxygen atoms in total. The first kappa shape index (κ1) is 16.1. The average Bonchev–Trinajstić information content (AvgIpc) is 3.16. The Hall–Kier alpha value is -2.34. The normalized spacial score (nSPS) is 15.4. The van der Waals surface area contributed by atoms with E-state index < -0.39 is 0 Å². The summed E-state index contributed by atoms with van der Waals surface area (Å²) in [4.78, 5) is 4.80. The molecule has 25 heavy (non-hydrogen) atoms. The van der Waals surface area contributed by atoms with Crippen molar-refractivity contribution in [2.75, 3.05) is 11.9 Å². The van der Waals surface area contributed by atoms with E-state index in [-0.39, 0.29) is 5.60 Å². The molecule has 0 fully saturated rings. The molecular formula is C19H21N3O2S. The number of rotatable bonds is 3. The number of thiazole rings is 1. The fraction of sp³-hybridized carbons (Fsp3) is 0.368. The van der Waals surface area contributed by atoms with Crippen LogP contribution < -0.4 is 10.1 Å². The maximum absolute atomic E-state index is 6.01. The highest BCUT2D eigenvalue weighted by Crippen LogP contribution is 2.36. The minimum absolute atomic E-state index is 0.184. The third-order valence-electron chi connectivity index (χ3n) is 4.43. The summed E-state index contributed by atoms with van der Waals surface area (Å²) in [5.41, 5.74) is 4.99. The second-order valence-electron chi connectivity index (χ2n) is 7.03. The van der Waals surface area contributed by atoms with Crippen molar-refractivity contribution in [3.05, 3.63) is 45.6 Å². The lowest BCUT2D eigenvalue weighted by atomic mass is 10.1. The van der Waals surface area contributed by atoms with Crippen LogP contribution in [0, 0.1) is 13.8 Å². The summed E-state index contributed by atoms with van der Waals surface area (Å²) in [5, 5.41) is 10.6. The van der Waals surface area contributed by atoms with Crippen LogP contribution in [0.4, 0.5) is 5.69 Å². The van der Waals surface area contributed by atoms with Crippen LogP contribution in [0.15, 0.2) is 28.1 Å².